The van der Waals surface area contributed by atoms with E-state index < -0.39 is 0 Å². The Balaban J connectivity index is 1.73. The van der Waals surface area contributed by atoms with Crippen LogP contribution in [-0.2, 0) is 6.54 Å². The Morgan fingerprint density at radius 1 is 1.22 bits per heavy atom. The zero-order chi connectivity index (χ0) is 16.5. The van der Waals surface area contributed by atoms with Gasteiger partial charge in [-0.1, -0.05) is 6.07 Å². The van der Waals surface area contributed by atoms with Crippen molar-refractivity contribution in [1.29, 1.82) is 0 Å². The molecule has 1 saturated heterocycles. The molecule has 1 aliphatic heterocycles. The molecule has 0 bridgehead atoms. The van der Waals surface area contributed by atoms with Gasteiger partial charge in [0.15, 0.2) is 17.5 Å². The summed E-state index contributed by atoms with van der Waals surface area (Å²) < 4.78 is 10.5. The van der Waals surface area contributed by atoms with E-state index in [2.05, 4.69) is 15.2 Å². The van der Waals surface area contributed by atoms with Gasteiger partial charge in [-0.05, 0) is 56.6 Å². The first-order chi connectivity index (χ1) is 11.2. The third-order valence-corrected chi connectivity index (χ3v) is 4.04. The highest BCUT2D eigenvalue weighted by molar-refractivity contribution is 5.77. The molecule has 23 heavy (non-hydrogen) atoms. The summed E-state index contributed by atoms with van der Waals surface area (Å²) in [6.45, 7) is 4.99. The summed E-state index contributed by atoms with van der Waals surface area (Å²) in [6, 6.07) is 5.76. The largest absolute Gasteiger partial charge is 0.493 e. The maximum atomic E-state index is 5.91. The summed E-state index contributed by atoms with van der Waals surface area (Å²) >= 11 is 0. The maximum Gasteiger partial charge on any atom is 0.188 e. The van der Waals surface area contributed by atoms with E-state index in [1.54, 1.807) is 14.2 Å². The van der Waals surface area contributed by atoms with E-state index in [0.717, 1.165) is 25.1 Å². The molecule has 1 aliphatic rings. The Kier molecular flexibility index (Phi) is 7.00. The molecule has 1 heterocycles. The predicted molar refractivity (Wildman–Crippen MR) is 93.2 cm³/mol. The van der Waals surface area contributed by atoms with Crippen LogP contribution in [0, 0.1) is 0 Å². The molecule has 0 spiro atoms. The number of methoxy groups -OCH3 is 2. The molecule has 0 aliphatic carbocycles. The lowest BCUT2D eigenvalue weighted by Gasteiger charge is -2.14. The topological polar surface area (TPSA) is 72.1 Å². The van der Waals surface area contributed by atoms with E-state index in [4.69, 9.17) is 15.2 Å². The SMILES string of the molecule is COc1ccc(CN=C(N)NCCCN2CCCC2)cc1OC. The molecule has 1 aromatic carbocycles. The molecule has 3 N–H and O–H groups in total. The Bertz CT molecular complexity index is 513. The average Bonchev–Trinajstić information content (AvgIpc) is 3.10. The standard InChI is InChI=1S/C17H28N4O2/c1-22-15-7-6-14(12-16(15)23-2)13-20-17(18)19-8-5-11-21-9-3-4-10-21/h6-7,12H,3-5,8-11,13H2,1-2H3,(H3,18,19,20). The lowest BCUT2D eigenvalue weighted by molar-refractivity contribution is 0.334. The van der Waals surface area contributed by atoms with Gasteiger partial charge >= 0.3 is 0 Å². The first-order valence-corrected chi connectivity index (χ1v) is 8.20. The zero-order valence-corrected chi connectivity index (χ0v) is 14.2. The van der Waals surface area contributed by atoms with Crippen LogP contribution in [0.3, 0.4) is 0 Å². The number of hydrogen-bond donors (Lipinski definition) is 2. The highest BCUT2D eigenvalue weighted by Gasteiger charge is 2.10. The average molecular weight is 320 g/mol. The molecule has 1 fully saturated rings. The van der Waals surface area contributed by atoms with E-state index >= 15 is 0 Å². The normalized spacial score (nSPS) is 15.7. The third-order valence-electron chi connectivity index (χ3n) is 4.04. The summed E-state index contributed by atoms with van der Waals surface area (Å²) in [6.07, 6.45) is 3.76. The minimum Gasteiger partial charge on any atom is -0.493 e. The number of nitrogens with one attached hydrogen (secondary N) is 1. The van der Waals surface area contributed by atoms with Gasteiger partial charge in [0, 0.05) is 6.54 Å². The van der Waals surface area contributed by atoms with Crippen LogP contribution in [0.4, 0.5) is 0 Å². The van der Waals surface area contributed by atoms with Gasteiger partial charge < -0.3 is 25.4 Å². The quantitative estimate of drug-likeness (QED) is 0.432. The molecule has 0 atom stereocenters. The lowest BCUT2D eigenvalue weighted by Crippen LogP contribution is -2.34. The number of rotatable bonds is 8. The minimum atomic E-state index is 0.487. The van der Waals surface area contributed by atoms with Gasteiger partial charge in [0.2, 0.25) is 0 Å². The van der Waals surface area contributed by atoms with Gasteiger partial charge in [-0.3, -0.25) is 0 Å². The molecule has 1 aromatic rings. The van der Waals surface area contributed by atoms with Crippen molar-refractivity contribution in [2.75, 3.05) is 40.4 Å². The van der Waals surface area contributed by atoms with Crippen molar-refractivity contribution in [3.05, 3.63) is 23.8 Å². The number of nitrogens with zero attached hydrogens (tertiary/aromatic N) is 2. The molecular formula is C17H28N4O2. The van der Waals surface area contributed by atoms with Crippen molar-refractivity contribution in [2.45, 2.75) is 25.8 Å². The van der Waals surface area contributed by atoms with Crippen LogP contribution in [0.5, 0.6) is 11.5 Å². The number of benzene rings is 1. The second kappa shape index (κ2) is 9.25. The molecule has 2 rings (SSSR count). The Morgan fingerprint density at radius 2 is 1.96 bits per heavy atom. The summed E-state index contributed by atoms with van der Waals surface area (Å²) in [5.74, 6) is 1.91. The fraction of sp³-hybridized carbons (Fsp3) is 0.588. The van der Waals surface area contributed by atoms with E-state index in [1.807, 2.05) is 18.2 Å². The van der Waals surface area contributed by atoms with E-state index in [-0.39, 0.29) is 0 Å². The van der Waals surface area contributed by atoms with Crippen LogP contribution < -0.4 is 20.5 Å². The third kappa shape index (κ3) is 5.63. The Labute approximate surface area is 138 Å². The zero-order valence-electron chi connectivity index (χ0n) is 14.2. The fourth-order valence-corrected chi connectivity index (χ4v) is 2.74. The van der Waals surface area contributed by atoms with Gasteiger partial charge in [-0.2, -0.15) is 0 Å². The predicted octanol–water partition coefficient (Wildman–Crippen LogP) is 1.59. The Hall–Kier alpha value is -1.95. The lowest BCUT2D eigenvalue weighted by atomic mass is 10.2. The van der Waals surface area contributed by atoms with Crippen LogP contribution in [0.2, 0.25) is 0 Å². The molecule has 0 saturated carbocycles. The molecule has 0 aromatic heterocycles. The van der Waals surface area contributed by atoms with Gasteiger partial charge in [0.05, 0.1) is 20.8 Å². The van der Waals surface area contributed by atoms with E-state index in [9.17, 15) is 0 Å². The first-order valence-electron chi connectivity index (χ1n) is 8.20. The number of nitrogens with two attached hydrogens (primary N) is 1. The smallest absolute Gasteiger partial charge is 0.188 e. The van der Waals surface area contributed by atoms with E-state index in [0.29, 0.717) is 24.0 Å². The number of hydrogen-bond acceptors (Lipinski definition) is 4. The van der Waals surface area contributed by atoms with Crippen molar-refractivity contribution in [2.24, 2.45) is 10.7 Å². The highest BCUT2D eigenvalue weighted by Crippen LogP contribution is 2.27. The van der Waals surface area contributed by atoms with Crippen molar-refractivity contribution in [3.63, 3.8) is 0 Å². The fourth-order valence-electron chi connectivity index (χ4n) is 2.74. The number of likely N-dealkylation sites (tertiary alicyclic amines) is 1. The second-order valence-corrected chi connectivity index (χ2v) is 5.72. The number of ether oxygens (including phenoxy) is 2. The van der Waals surface area contributed by atoms with Crippen molar-refractivity contribution in [3.8, 4) is 11.5 Å². The van der Waals surface area contributed by atoms with E-state index in [1.165, 1.54) is 25.9 Å². The van der Waals surface area contributed by atoms with Crippen molar-refractivity contribution >= 4 is 5.96 Å². The van der Waals surface area contributed by atoms with Crippen molar-refractivity contribution in [1.82, 2.24) is 10.2 Å². The van der Waals surface area contributed by atoms with Crippen LogP contribution in [0.25, 0.3) is 0 Å². The molecule has 6 heteroatoms. The molecule has 0 amide bonds. The van der Waals surface area contributed by atoms with Crippen LogP contribution in [0.1, 0.15) is 24.8 Å². The summed E-state index contributed by atoms with van der Waals surface area (Å²) in [5.41, 5.74) is 6.94. The number of guanidine groups is 1. The van der Waals surface area contributed by atoms with Crippen LogP contribution >= 0.6 is 0 Å². The van der Waals surface area contributed by atoms with Crippen LogP contribution in [0.15, 0.2) is 23.2 Å². The first kappa shape index (κ1) is 17.4. The molecular weight excluding hydrogens is 292 g/mol. The molecule has 6 nitrogen and oxygen atoms in total. The van der Waals surface area contributed by atoms with Gasteiger partial charge in [0.1, 0.15) is 0 Å². The summed E-state index contributed by atoms with van der Waals surface area (Å²) in [7, 11) is 3.25. The number of aliphatic imine (C=N–C) groups is 1. The summed E-state index contributed by atoms with van der Waals surface area (Å²) in [4.78, 5) is 6.87. The Morgan fingerprint density at radius 3 is 2.65 bits per heavy atom. The second-order valence-electron chi connectivity index (χ2n) is 5.72. The van der Waals surface area contributed by atoms with Gasteiger partial charge in [-0.15, -0.1) is 0 Å². The van der Waals surface area contributed by atoms with Gasteiger partial charge in [0.25, 0.3) is 0 Å². The van der Waals surface area contributed by atoms with Crippen LogP contribution in [-0.4, -0.2) is 51.3 Å². The monoisotopic (exact) mass is 320 g/mol. The van der Waals surface area contributed by atoms with Crippen molar-refractivity contribution < 1.29 is 9.47 Å². The van der Waals surface area contributed by atoms with Gasteiger partial charge in [-0.25, -0.2) is 4.99 Å². The molecule has 0 radical (unpaired) electrons. The highest BCUT2D eigenvalue weighted by atomic mass is 16.5. The maximum absolute atomic E-state index is 5.91. The molecule has 128 valence electrons. The summed E-state index contributed by atoms with van der Waals surface area (Å²) in [5, 5.41) is 3.17. The molecule has 0 unspecified atom stereocenters. The minimum absolute atomic E-state index is 0.487.